The molecule has 1 saturated carbocycles. The molecule has 8 nitrogen and oxygen atoms in total. The van der Waals surface area contributed by atoms with Crippen molar-refractivity contribution in [2.45, 2.75) is 38.3 Å². The molecular formula is C11H15N7O. The van der Waals surface area contributed by atoms with E-state index in [1.54, 1.807) is 6.07 Å². The van der Waals surface area contributed by atoms with Crippen molar-refractivity contribution in [3.63, 3.8) is 0 Å². The maximum Gasteiger partial charge on any atom is 0.272 e. The SMILES string of the molecule is O=C(NCc1nn[nH]n1)c1ccn(C2CCCC2)n1. The van der Waals surface area contributed by atoms with Crippen LogP contribution in [0.1, 0.15) is 48.0 Å². The van der Waals surface area contributed by atoms with Crippen LogP contribution in [0.4, 0.5) is 0 Å². The van der Waals surface area contributed by atoms with E-state index < -0.39 is 0 Å². The number of tetrazole rings is 1. The first-order valence-corrected chi connectivity index (χ1v) is 6.38. The van der Waals surface area contributed by atoms with Gasteiger partial charge in [-0.15, -0.1) is 10.2 Å². The summed E-state index contributed by atoms with van der Waals surface area (Å²) in [6.07, 6.45) is 6.64. The van der Waals surface area contributed by atoms with Gasteiger partial charge < -0.3 is 5.32 Å². The minimum absolute atomic E-state index is 0.221. The molecule has 2 aromatic heterocycles. The molecule has 1 aliphatic rings. The van der Waals surface area contributed by atoms with Gasteiger partial charge in [0.1, 0.15) is 5.69 Å². The number of aromatic nitrogens is 6. The maximum absolute atomic E-state index is 11.9. The van der Waals surface area contributed by atoms with Gasteiger partial charge in [0, 0.05) is 6.20 Å². The Balaban J connectivity index is 1.60. The highest BCUT2D eigenvalue weighted by atomic mass is 16.1. The molecule has 0 aliphatic heterocycles. The average molecular weight is 261 g/mol. The van der Waals surface area contributed by atoms with E-state index in [9.17, 15) is 4.79 Å². The molecule has 1 amide bonds. The number of rotatable bonds is 4. The Kier molecular flexibility index (Phi) is 3.21. The van der Waals surface area contributed by atoms with E-state index in [0.717, 1.165) is 12.8 Å². The summed E-state index contributed by atoms with van der Waals surface area (Å²) >= 11 is 0. The number of H-pyrrole nitrogens is 1. The monoisotopic (exact) mass is 261 g/mol. The van der Waals surface area contributed by atoms with Crippen molar-refractivity contribution in [1.82, 2.24) is 35.7 Å². The summed E-state index contributed by atoms with van der Waals surface area (Å²) in [5, 5.41) is 20.3. The maximum atomic E-state index is 11.9. The van der Waals surface area contributed by atoms with Gasteiger partial charge in [0.15, 0.2) is 5.82 Å². The Morgan fingerprint density at radius 1 is 1.47 bits per heavy atom. The van der Waals surface area contributed by atoms with Crippen LogP contribution in [0, 0.1) is 0 Å². The summed E-state index contributed by atoms with van der Waals surface area (Å²) < 4.78 is 1.90. The average Bonchev–Trinajstić information content (AvgIpc) is 3.14. The van der Waals surface area contributed by atoms with Crippen LogP contribution in [0.5, 0.6) is 0 Å². The number of hydrogen-bond acceptors (Lipinski definition) is 5. The van der Waals surface area contributed by atoms with Crippen molar-refractivity contribution in [3.8, 4) is 0 Å². The summed E-state index contributed by atoms with van der Waals surface area (Å²) in [7, 11) is 0. The molecule has 3 rings (SSSR count). The molecule has 2 N–H and O–H groups in total. The zero-order valence-corrected chi connectivity index (χ0v) is 10.4. The molecule has 0 aromatic carbocycles. The molecule has 19 heavy (non-hydrogen) atoms. The van der Waals surface area contributed by atoms with E-state index in [4.69, 9.17) is 0 Å². The number of nitrogens with one attached hydrogen (secondary N) is 2. The first-order valence-electron chi connectivity index (χ1n) is 6.38. The Bertz CT molecular complexity index is 541. The molecule has 8 heteroatoms. The van der Waals surface area contributed by atoms with Crippen LogP contribution in [0.3, 0.4) is 0 Å². The first-order chi connectivity index (χ1) is 9.33. The van der Waals surface area contributed by atoms with Gasteiger partial charge in [-0.1, -0.05) is 18.1 Å². The molecule has 0 radical (unpaired) electrons. The highest BCUT2D eigenvalue weighted by Crippen LogP contribution is 2.28. The van der Waals surface area contributed by atoms with Crippen LogP contribution in [-0.4, -0.2) is 36.3 Å². The van der Waals surface area contributed by atoms with E-state index in [-0.39, 0.29) is 12.5 Å². The number of carbonyl (C=O) groups is 1. The lowest BCUT2D eigenvalue weighted by molar-refractivity contribution is 0.0943. The summed E-state index contributed by atoms with van der Waals surface area (Å²) in [6.45, 7) is 0.242. The smallest absolute Gasteiger partial charge is 0.272 e. The highest BCUT2D eigenvalue weighted by molar-refractivity contribution is 5.92. The lowest BCUT2D eigenvalue weighted by Crippen LogP contribution is -2.24. The summed E-state index contributed by atoms with van der Waals surface area (Å²) in [5.41, 5.74) is 0.426. The van der Waals surface area contributed by atoms with Crippen LogP contribution >= 0.6 is 0 Å². The van der Waals surface area contributed by atoms with E-state index in [0.29, 0.717) is 17.6 Å². The Morgan fingerprint density at radius 2 is 2.32 bits per heavy atom. The van der Waals surface area contributed by atoms with Gasteiger partial charge in [0.25, 0.3) is 5.91 Å². The topological polar surface area (TPSA) is 101 Å². The van der Waals surface area contributed by atoms with Gasteiger partial charge in [0.2, 0.25) is 0 Å². The summed E-state index contributed by atoms with van der Waals surface area (Å²) in [6, 6.07) is 2.18. The highest BCUT2D eigenvalue weighted by Gasteiger charge is 2.19. The van der Waals surface area contributed by atoms with Crippen LogP contribution in [0.2, 0.25) is 0 Å². The fraction of sp³-hybridized carbons (Fsp3) is 0.545. The number of aromatic amines is 1. The number of nitrogens with zero attached hydrogens (tertiary/aromatic N) is 5. The lowest BCUT2D eigenvalue weighted by Gasteiger charge is -2.08. The van der Waals surface area contributed by atoms with Gasteiger partial charge in [-0.2, -0.15) is 10.3 Å². The number of carbonyl (C=O) groups excluding carboxylic acids is 1. The second-order valence-electron chi connectivity index (χ2n) is 4.63. The van der Waals surface area contributed by atoms with Crippen molar-refractivity contribution < 1.29 is 4.79 Å². The van der Waals surface area contributed by atoms with Crippen molar-refractivity contribution in [2.24, 2.45) is 0 Å². The molecule has 100 valence electrons. The van der Waals surface area contributed by atoms with Crippen LogP contribution in [-0.2, 0) is 6.54 Å². The van der Waals surface area contributed by atoms with E-state index in [2.05, 4.69) is 31.0 Å². The predicted octanol–water partition coefficient (Wildman–Crippen LogP) is 0.441. The Morgan fingerprint density at radius 3 is 3.05 bits per heavy atom. The van der Waals surface area contributed by atoms with Gasteiger partial charge in [-0.25, -0.2) is 0 Å². The molecule has 0 bridgehead atoms. The zero-order chi connectivity index (χ0) is 13.1. The second kappa shape index (κ2) is 5.17. The number of hydrogen-bond donors (Lipinski definition) is 2. The molecule has 0 spiro atoms. The molecule has 0 atom stereocenters. The molecule has 0 saturated heterocycles. The fourth-order valence-corrected chi connectivity index (χ4v) is 2.34. The zero-order valence-electron chi connectivity index (χ0n) is 10.4. The third kappa shape index (κ3) is 2.61. The largest absolute Gasteiger partial charge is 0.343 e. The molecule has 1 fully saturated rings. The molecule has 2 heterocycles. The van der Waals surface area contributed by atoms with Crippen LogP contribution < -0.4 is 5.32 Å². The standard InChI is InChI=1S/C11H15N7O/c19-11(12-7-10-13-16-17-14-10)9-5-6-18(15-9)8-3-1-2-4-8/h5-6,8H,1-4,7H2,(H,12,19)(H,13,14,16,17). The number of amides is 1. The quantitative estimate of drug-likeness (QED) is 0.831. The van der Waals surface area contributed by atoms with Gasteiger partial charge in [0.05, 0.1) is 12.6 Å². The van der Waals surface area contributed by atoms with Crippen LogP contribution in [0.15, 0.2) is 12.3 Å². The molecular weight excluding hydrogens is 246 g/mol. The predicted molar refractivity (Wildman–Crippen MR) is 65.1 cm³/mol. The minimum atomic E-state index is -0.221. The summed E-state index contributed by atoms with van der Waals surface area (Å²) in [4.78, 5) is 11.9. The third-order valence-electron chi connectivity index (χ3n) is 3.34. The van der Waals surface area contributed by atoms with E-state index in [1.165, 1.54) is 12.8 Å². The van der Waals surface area contributed by atoms with Crippen LogP contribution in [0.25, 0.3) is 0 Å². The molecule has 1 aliphatic carbocycles. The second-order valence-corrected chi connectivity index (χ2v) is 4.63. The third-order valence-corrected chi connectivity index (χ3v) is 3.34. The first kappa shape index (κ1) is 11.8. The van der Waals surface area contributed by atoms with E-state index in [1.807, 2.05) is 10.9 Å². The van der Waals surface area contributed by atoms with Gasteiger partial charge >= 0.3 is 0 Å². The minimum Gasteiger partial charge on any atom is -0.343 e. The molecule has 0 unspecified atom stereocenters. The van der Waals surface area contributed by atoms with Crippen molar-refractivity contribution in [2.75, 3.05) is 0 Å². The Hall–Kier alpha value is -2.25. The van der Waals surface area contributed by atoms with Gasteiger partial charge in [-0.05, 0) is 18.9 Å². The molecule has 2 aromatic rings. The van der Waals surface area contributed by atoms with E-state index >= 15 is 0 Å². The van der Waals surface area contributed by atoms with Gasteiger partial charge in [-0.3, -0.25) is 9.48 Å². The summed E-state index contributed by atoms with van der Waals surface area (Å²) in [5.74, 6) is 0.227. The fourth-order valence-electron chi connectivity index (χ4n) is 2.34. The Labute approximate surface area is 109 Å². The van der Waals surface area contributed by atoms with Crippen molar-refractivity contribution in [1.29, 1.82) is 0 Å². The van der Waals surface area contributed by atoms with Crippen molar-refractivity contribution >= 4 is 5.91 Å². The normalized spacial score (nSPS) is 15.8. The lowest BCUT2D eigenvalue weighted by atomic mass is 10.3. The van der Waals surface area contributed by atoms with Crippen molar-refractivity contribution in [3.05, 3.63) is 23.8 Å².